The number of rotatable bonds is 3. The molecule has 0 aliphatic carbocycles. The van der Waals surface area contributed by atoms with Crippen LogP contribution in [0, 0.1) is 22.9 Å². The predicted molar refractivity (Wildman–Crippen MR) is 64.9 cm³/mol. The molecule has 19 heavy (non-hydrogen) atoms. The van der Waals surface area contributed by atoms with E-state index in [0.29, 0.717) is 5.56 Å². The zero-order valence-electron chi connectivity index (χ0n) is 9.63. The molecular weight excluding hydrogens is 277 g/mol. The number of nitro benzene ring substituents is 1. The van der Waals surface area contributed by atoms with E-state index in [1.807, 2.05) is 0 Å². The van der Waals surface area contributed by atoms with Crippen molar-refractivity contribution >= 4 is 17.3 Å². The van der Waals surface area contributed by atoms with Gasteiger partial charge in [0.15, 0.2) is 11.6 Å². The number of hydrogen-bond acceptors (Lipinski definition) is 5. The molecule has 2 rings (SSSR count). The molecule has 0 atom stereocenters. The van der Waals surface area contributed by atoms with Gasteiger partial charge >= 0.3 is 0 Å². The summed E-state index contributed by atoms with van der Waals surface area (Å²) in [5, 5.41) is 10.7. The van der Waals surface area contributed by atoms with E-state index >= 15 is 0 Å². The highest BCUT2D eigenvalue weighted by molar-refractivity contribution is 6.30. The lowest BCUT2D eigenvalue weighted by molar-refractivity contribution is -0.385. The van der Waals surface area contributed by atoms with Gasteiger partial charge in [0.2, 0.25) is 5.88 Å². The van der Waals surface area contributed by atoms with Crippen molar-refractivity contribution in [3.63, 3.8) is 0 Å². The first-order valence-corrected chi connectivity index (χ1v) is 5.45. The minimum absolute atomic E-state index is 0.0905. The van der Waals surface area contributed by atoms with E-state index < -0.39 is 10.7 Å². The summed E-state index contributed by atoms with van der Waals surface area (Å²) in [4.78, 5) is 17.3. The second-order valence-electron chi connectivity index (χ2n) is 3.57. The van der Waals surface area contributed by atoms with Crippen LogP contribution in [0.15, 0.2) is 24.5 Å². The highest BCUT2D eigenvalue weighted by Crippen LogP contribution is 2.29. The summed E-state index contributed by atoms with van der Waals surface area (Å²) in [6.07, 6.45) is 1.17. The Balaban J connectivity index is 2.34. The molecule has 0 aliphatic rings. The van der Waals surface area contributed by atoms with Gasteiger partial charge in [0.05, 0.1) is 11.0 Å². The van der Waals surface area contributed by atoms with E-state index in [1.165, 1.54) is 6.33 Å². The second kappa shape index (κ2) is 5.15. The molecule has 0 spiro atoms. The Labute approximate surface area is 112 Å². The molecule has 8 heteroatoms. The molecule has 1 heterocycles. The molecule has 0 fully saturated rings. The summed E-state index contributed by atoms with van der Waals surface area (Å²) in [5.74, 6) is -0.945. The van der Waals surface area contributed by atoms with E-state index in [0.717, 1.165) is 18.2 Å². The second-order valence-corrected chi connectivity index (χ2v) is 3.93. The Kier molecular flexibility index (Phi) is 3.57. The maximum absolute atomic E-state index is 13.6. The molecule has 0 unspecified atom stereocenters. The van der Waals surface area contributed by atoms with Gasteiger partial charge < -0.3 is 4.74 Å². The number of hydrogen-bond donors (Lipinski definition) is 0. The molecule has 0 amide bonds. The van der Waals surface area contributed by atoms with Crippen molar-refractivity contribution in [3.8, 4) is 11.6 Å². The fourth-order valence-electron chi connectivity index (χ4n) is 1.31. The van der Waals surface area contributed by atoms with Gasteiger partial charge in [-0.25, -0.2) is 14.4 Å². The van der Waals surface area contributed by atoms with Gasteiger partial charge in [-0.05, 0) is 13.0 Å². The van der Waals surface area contributed by atoms with Gasteiger partial charge in [-0.3, -0.25) is 10.1 Å². The maximum Gasteiger partial charge on any atom is 0.272 e. The van der Waals surface area contributed by atoms with Crippen LogP contribution in [-0.4, -0.2) is 14.9 Å². The van der Waals surface area contributed by atoms with Gasteiger partial charge in [0, 0.05) is 11.6 Å². The lowest BCUT2D eigenvalue weighted by Crippen LogP contribution is -1.96. The van der Waals surface area contributed by atoms with E-state index in [9.17, 15) is 14.5 Å². The highest BCUT2D eigenvalue weighted by atomic mass is 35.5. The van der Waals surface area contributed by atoms with Gasteiger partial charge in [-0.15, -0.1) is 0 Å². The highest BCUT2D eigenvalue weighted by Gasteiger charge is 2.14. The van der Waals surface area contributed by atoms with E-state index in [-0.39, 0.29) is 22.5 Å². The Hall–Kier alpha value is -2.28. The van der Waals surface area contributed by atoms with Gasteiger partial charge in [-0.2, -0.15) is 0 Å². The molecule has 0 saturated carbocycles. The SMILES string of the molecule is Cc1c(Cl)ncnc1Oc1ccc([N+](=O)[O-])cc1F. The van der Waals surface area contributed by atoms with E-state index in [4.69, 9.17) is 16.3 Å². The molecular formula is C11H7ClFN3O3. The van der Waals surface area contributed by atoms with Crippen LogP contribution in [0.25, 0.3) is 0 Å². The van der Waals surface area contributed by atoms with E-state index in [1.54, 1.807) is 6.92 Å². The minimum atomic E-state index is -0.858. The predicted octanol–water partition coefficient (Wildman–Crippen LogP) is 3.28. The van der Waals surface area contributed by atoms with Crippen LogP contribution < -0.4 is 4.74 Å². The zero-order chi connectivity index (χ0) is 14.0. The third-order valence-corrected chi connectivity index (χ3v) is 2.69. The molecule has 0 saturated heterocycles. The third-order valence-electron chi connectivity index (χ3n) is 2.31. The van der Waals surface area contributed by atoms with Crippen LogP contribution >= 0.6 is 11.6 Å². The molecule has 6 nitrogen and oxygen atoms in total. The molecule has 2 aromatic rings. The average molecular weight is 284 g/mol. The summed E-state index contributed by atoms with van der Waals surface area (Å²) < 4.78 is 18.8. The number of benzene rings is 1. The number of ether oxygens (including phenoxy) is 1. The Morgan fingerprint density at radius 3 is 2.79 bits per heavy atom. The number of aromatic nitrogens is 2. The number of non-ortho nitro benzene ring substituents is 1. The first-order chi connectivity index (χ1) is 8.99. The molecule has 1 aromatic carbocycles. The van der Waals surface area contributed by atoms with Crippen LogP contribution in [-0.2, 0) is 0 Å². The van der Waals surface area contributed by atoms with Crippen LogP contribution in [0.1, 0.15) is 5.56 Å². The first-order valence-electron chi connectivity index (χ1n) is 5.08. The molecule has 0 bridgehead atoms. The molecule has 0 radical (unpaired) electrons. The van der Waals surface area contributed by atoms with Crippen LogP contribution in [0.4, 0.5) is 10.1 Å². The number of halogens is 2. The Morgan fingerprint density at radius 2 is 2.16 bits per heavy atom. The van der Waals surface area contributed by atoms with Crippen LogP contribution in [0.3, 0.4) is 0 Å². The monoisotopic (exact) mass is 283 g/mol. The summed E-state index contributed by atoms with van der Waals surface area (Å²) >= 11 is 5.77. The van der Waals surface area contributed by atoms with Crippen molar-refractivity contribution in [2.45, 2.75) is 6.92 Å². The average Bonchev–Trinajstić information content (AvgIpc) is 2.37. The smallest absolute Gasteiger partial charge is 0.272 e. The van der Waals surface area contributed by atoms with Gasteiger partial charge in [-0.1, -0.05) is 11.6 Å². The molecule has 98 valence electrons. The fraction of sp³-hybridized carbons (Fsp3) is 0.0909. The van der Waals surface area contributed by atoms with Crippen molar-refractivity contribution in [2.75, 3.05) is 0 Å². The van der Waals surface area contributed by atoms with Crippen molar-refractivity contribution in [2.24, 2.45) is 0 Å². The maximum atomic E-state index is 13.6. The van der Waals surface area contributed by atoms with Crippen molar-refractivity contribution in [3.05, 3.63) is 51.2 Å². The topological polar surface area (TPSA) is 78.2 Å². The molecule has 1 aromatic heterocycles. The van der Waals surface area contributed by atoms with Crippen LogP contribution in [0.2, 0.25) is 5.15 Å². The lowest BCUT2D eigenvalue weighted by Gasteiger charge is -2.08. The third kappa shape index (κ3) is 2.76. The Morgan fingerprint density at radius 1 is 1.42 bits per heavy atom. The quantitative estimate of drug-likeness (QED) is 0.491. The minimum Gasteiger partial charge on any atom is -0.435 e. The largest absolute Gasteiger partial charge is 0.435 e. The van der Waals surface area contributed by atoms with E-state index in [2.05, 4.69) is 9.97 Å². The summed E-state index contributed by atoms with van der Waals surface area (Å²) in [5.41, 5.74) is 0.0872. The summed E-state index contributed by atoms with van der Waals surface area (Å²) in [6, 6.07) is 3.06. The lowest BCUT2D eigenvalue weighted by atomic mass is 10.3. The van der Waals surface area contributed by atoms with Crippen molar-refractivity contribution < 1.29 is 14.1 Å². The Bertz CT molecular complexity index is 651. The standard InChI is InChI=1S/C11H7ClFN3O3/c1-6-10(12)14-5-15-11(6)19-9-3-2-7(16(17)18)4-8(9)13/h2-5H,1H3. The van der Waals surface area contributed by atoms with Gasteiger partial charge in [0.25, 0.3) is 5.69 Å². The first kappa shape index (κ1) is 13.2. The summed E-state index contributed by atoms with van der Waals surface area (Å²) in [7, 11) is 0. The molecule has 0 N–H and O–H groups in total. The van der Waals surface area contributed by atoms with Crippen molar-refractivity contribution in [1.29, 1.82) is 0 Å². The number of nitrogens with zero attached hydrogens (tertiary/aromatic N) is 3. The van der Waals surface area contributed by atoms with Crippen molar-refractivity contribution in [1.82, 2.24) is 9.97 Å². The normalized spacial score (nSPS) is 10.3. The fourth-order valence-corrected chi connectivity index (χ4v) is 1.43. The summed E-state index contributed by atoms with van der Waals surface area (Å²) in [6.45, 7) is 1.61. The zero-order valence-corrected chi connectivity index (χ0v) is 10.4. The van der Waals surface area contributed by atoms with Crippen LogP contribution in [0.5, 0.6) is 11.6 Å². The molecule has 0 aliphatic heterocycles. The number of nitro groups is 1. The van der Waals surface area contributed by atoms with Gasteiger partial charge in [0.1, 0.15) is 11.5 Å².